The number of rotatable bonds is 8. The van der Waals surface area contributed by atoms with Gasteiger partial charge in [0.2, 0.25) is 16.0 Å². The first-order valence-corrected chi connectivity index (χ1v) is 11.0. The minimum Gasteiger partial charge on any atom is -0.479 e. The second kappa shape index (κ2) is 9.59. The van der Waals surface area contributed by atoms with Gasteiger partial charge in [-0.25, -0.2) is 22.9 Å². The number of nitrogens with zero attached hydrogens (tertiary/aromatic N) is 3. The van der Waals surface area contributed by atoms with E-state index >= 15 is 0 Å². The van der Waals surface area contributed by atoms with Crippen molar-refractivity contribution in [1.29, 1.82) is 5.26 Å². The van der Waals surface area contributed by atoms with Crippen LogP contribution in [0.25, 0.3) is 0 Å². The molecule has 3 aromatic rings. The van der Waals surface area contributed by atoms with Crippen molar-refractivity contribution in [3.05, 3.63) is 60.0 Å². The summed E-state index contributed by atoms with van der Waals surface area (Å²) in [6.07, 6.45) is 0.991. The number of benzene rings is 2. The van der Waals surface area contributed by atoms with Crippen molar-refractivity contribution in [1.82, 2.24) is 9.97 Å². The highest BCUT2D eigenvalue weighted by Gasteiger charge is 2.17. The fourth-order valence-electron chi connectivity index (χ4n) is 2.87. The molecule has 1 heterocycles. The highest BCUT2D eigenvalue weighted by molar-refractivity contribution is 7.89. The van der Waals surface area contributed by atoms with Crippen molar-refractivity contribution < 1.29 is 17.5 Å². The van der Waals surface area contributed by atoms with E-state index in [-0.39, 0.29) is 29.2 Å². The highest BCUT2D eigenvalue weighted by Crippen LogP contribution is 2.28. The molecule has 2 aromatic carbocycles. The lowest BCUT2D eigenvalue weighted by Crippen LogP contribution is -2.15. The van der Waals surface area contributed by atoms with Gasteiger partial charge in [0.15, 0.2) is 18.2 Å². The summed E-state index contributed by atoms with van der Waals surface area (Å²) < 4.78 is 43.4. The fraction of sp³-hybridized carbons (Fsp3) is 0.190. The minimum absolute atomic E-state index is 0.00309. The van der Waals surface area contributed by atoms with Crippen molar-refractivity contribution in [3.8, 4) is 11.8 Å². The Hall–Kier alpha value is -3.75. The smallest absolute Gasteiger partial charge is 0.238 e. The summed E-state index contributed by atoms with van der Waals surface area (Å²) in [5.41, 5.74) is 1.51. The van der Waals surface area contributed by atoms with Gasteiger partial charge in [0.25, 0.3) is 0 Å². The van der Waals surface area contributed by atoms with Crippen molar-refractivity contribution in [2.24, 2.45) is 5.14 Å². The summed E-state index contributed by atoms with van der Waals surface area (Å²) in [7, 11) is -3.94. The second-order valence-corrected chi connectivity index (χ2v) is 8.59. The Bertz CT molecular complexity index is 1260. The molecule has 0 saturated heterocycles. The van der Waals surface area contributed by atoms with Gasteiger partial charge >= 0.3 is 0 Å². The molecule has 3 rings (SSSR count). The van der Waals surface area contributed by atoms with Crippen molar-refractivity contribution in [3.63, 3.8) is 0 Å². The first-order chi connectivity index (χ1) is 15.2. The van der Waals surface area contributed by atoms with E-state index in [0.29, 0.717) is 22.7 Å². The van der Waals surface area contributed by atoms with Crippen LogP contribution >= 0.6 is 0 Å². The highest BCUT2D eigenvalue weighted by atomic mass is 32.2. The van der Waals surface area contributed by atoms with E-state index in [1.807, 2.05) is 19.9 Å². The van der Waals surface area contributed by atoms with Crippen LogP contribution in [0.3, 0.4) is 0 Å². The third kappa shape index (κ3) is 5.69. The molecule has 0 fully saturated rings. The average molecular weight is 457 g/mol. The van der Waals surface area contributed by atoms with Gasteiger partial charge in [0.1, 0.15) is 11.8 Å². The summed E-state index contributed by atoms with van der Waals surface area (Å²) in [4.78, 5) is 8.02. The Morgan fingerprint density at radius 2 is 1.84 bits per heavy atom. The van der Waals surface area contributed by atoms with E-state index < -0.39 is 15.8 Å². The molecule has 166 valence electrons. The summed E-state index contributed by atoms with van der Waals surface area (Å²) >= 11 is 0. The average Bonchev–Trinajstić information content (AvgIpc) is 2.75. The quantitative estimate of drug-likeness (QED) is 0.465. The number of ether oxygens (including phenoxy) is 1. The maximum absolute atomic E-state index is 14.2. The normalized spacial score (nSPS) is 11.1. The van der Waals surface area contributed by atoms with Crippen LogP contribution in [0.4, 0.5) is 27.5 Å². The predicted octanol–water partition coefficient (Wildman–Crippen LogP) is 3.78. The summed E-state index contributed by atoms with van der Waals surface area (Å²) in [6, 6.07) is 13.1. The van der Waals surface area contributed by atoms with Crippen LogP contribution in [0.5, 0.6) is 5.75 Å². The summed E-state index contributed by atoms with van der Waals surface area (Å²) in [5, 5.41) is 19.6. The van der Waals surface area contributed by atoms with Crippen LogP contribution in [-0.2, 0) is 10.0 Å². The number of halogens is 1. The number of primary sulfonamides is 1. The number of hydrogen-bond donors (Lipinski definition) is 3. The van der Waals surface area contributed by atoms with Crippen molar-refractivity contribution in [2.45, 2.75) is 24.7 Å². The number of nitrogens with one attached hydrogen (secondary N) is 2. The fourth-order valence-corrected chi connectivity index (χ4v) is 3.79. The molecule has 32 heavy (non-hydrogen) atoms. The lowest BCUT2D eigenvalue weighted by molar-refractivity contribution is 0.368. The standard InChI is InChI=1S/C21H21FN6O3S/c1-13(2)17-8-5-15(11-19(17)32(24,29)30)27-21-25-12-18(22)20(28-21)26-14-3-6-16(7-4-14)31-10-9-23/h3-8,11-13H,10H2,1-2H3,(H2,24,29,30)(H2,25,26,27,28). The van der Waals surface area contributed by atoms with Gasteiger partial charge in [0.05, 0.1) is 11.1 Å². The first kappa shape index (κ1) is 22.9. The van der Waals surface area contributed by atoms with E-state index in [1.165, 1.54) is 6.07 Å². The molecule has 0 saturated carbocycles. The number of hydrogen-bond acceptors (Lipinski definition) is 8. The third-order valence-electron chi connectivity index (χ3n) is 4.36. The van der Waals surface area contributed by atoms with Crippen molar-refractivity contribution in [2.75, 3.05) is 17.2 Å². The van der Waals surface area contributed by atoms with Crippen LogP contribution in [0.1, 0.15) is 25.3 Å². The Morgan fingerprint density at radius 1 is 1.16 bits per heavy atom. The van der Waals surface area contributed by atoms with E-state index in [9.17, 15) is 12.8 Å². The summed E-state index contributed by atoms with van der Waals surface area (Å²) in [6.45, 7) is 3.65. The molecule has 9 nitrogen and oxygen atoms in total. The van der Waals surface area contributed by atoms with Gasteiger partial charge in [-0.1, -0.05) is 19.9 Å². The Balaban J connectivity index is 1.82. The summed E-state index contributed by atoms with van der Waals surface area (Å²) in [5.74, 6) is -0.259. The van der Waals surface area contributed by atoms with Gasteiger partial charge in [-0.15, -0.1) is 0 Å². The molecule has 0 aliphatic heterocycles. The maximum Gasteiger partial charge on any atom is 0.238 e. The monoisotopic (exact) mass is 456 g/mol. The zero-order chi connectivity index (χ0) is 23.3. The van der Waals surface area contributed by atoms with Crippen LogP contribution < -0.4 is 20.5 Å². The Labute approximate surface area is 185 Å². The molecule has 11 heteroatoms. The van der Waals surface area contributed by atoms with Gasteiger partial charge in [-0.3, -0.25) is 0 Å². The molecular weight excluding hydrogens is 435 g/mol. The predicted molar refractivity (Wildman–Crippen MR) is 118 cm³/mol. The zero-order valence-corrected chi connectivity index (χ0v) is 18.1. The lowest BCUT2D eigenvalue weighted by Gasteiger charge is -2.14. The molecule has 4 N–H and O–H groups in total. The molecule has 0 aliphatic carbocycles. The largest absolute Gasteiger partial charge is 0.479 e. The second-order valence-electron chi connectivity index (χ2n) is 7.06. The van der Waals surface area contributed by atoms with Crippen LogP contribution in [0.2, 0.25) is 0 Å². The van der Waals surface area contributed by atoms with Crippen LogP contribution in [0, 0.1) is 17.1 Å². The molecule has 0 unspecified atom stereocenters. The third-order valence-corrected chi connectivity index (χ3v) is 5.33. The van der Waals surface area contributed by atoms with Gasteiger partial charge in [-0.2, -0.15) is 10.2 Å². The number of nitriles is 1. The zero-order valence-electron chi connectivity index (χ0n) is 17.3. The molecule has 0 radical (unpaired) electrons. The molecule has 0 spiro atoms. The number of aromatic nitrogens is 2. The first-order valence-electron chi connectivity index (χ1n) is 9.50. The SMILES string of the molecule is CC(C)c1ccc(Nc2ncc(F)c(Nc3ccc(OCC#N)cc3)n2)cc1S(N)(=O)=O. The number of nitrogens with two attached hydrogens (primary N) is 1. The van der Waals surface area contributed by atoms with Gasteiger partial charge in [0, 0.05) is 11.4 Å². The van der Waals surface area contributed by atoms with E-state index in [0.717, 1.165) is 6.20 Å². The van der Waals surface area contributed by atoms with Crippen molar-refractivity contribution >= 4 is 33.2 Å². The van der Waals surface area contributed by atoms with E-state index in [1.54, 1.807) is 36.4 Å². The van der Waals surface area contributed by atoms with Crippen LogP contribution in [0.15, 0.2) is 53.6 Å². The van der Waals surface area contributed by atoms with E-state index in [4.69, 9.17) is 15.1 Å². The number of sulfonamides is 1. The molecule has 0 atom stereocenters. The Morgan fingerprint density at radius 3 is 2.47 bits per heavy atom. The molecule has 0 aliphatic rings. The molecule has 0 amide bonds. The lowest BCUT2D eigenvalue weighted by atomic mass is 10.0. The Kier molecular flexibility index (Phi) is 6.87. The number of anilines is 4. The molecular formula is C21H21FN6O3S. The minimum atomic E-state index is -3.94. The van der Waals surface area contributed by atoms with E-state index in [2.05, 4.69) is 20.6 Å². The molecule has 0 bridgehead atoms. The van der Waals surface area contributed by atoms with Crippen LogP contribution in [-0.4, -0.2) is 25.0 Å². The maximum atomic E-state index is 14.2. The molecule has 1 aromatic heterocycles. The van der Waals surface area contributed by atoms with Gasteiger partial charge < -0.3 is 15.4 Å². The van der Waals surface area contributed by atoms with Gasteiger partial charge in [-0.05, 0) is 47.9 Å². The topological polar surface area (TPSA) is 143 Å².